The van der Waals surface area contributed by atoms with E-state index < -0.39 is 20.6 Å². The Morgan fingerprint density at radius 2 is 1.69 bits per heavy atom. The number of aryl methyl sites for hydroxylation is 1. The van der Waals surface area contributed by atoms with E-state index in [1.807, 2.05) is 37.3 Å². The van der Waals surface area contributed by atoms with Gasteiger partial charge in [-0.15, -0.1) is 4.83 Å². The van der Waals surface area contributed by atoms with E-state index in [0.717, 1.165) is 22.7 Å². The predicted octanol–water partition coefficient (Wildman–Crippen LogP) is 3.94. The summed E-state index contributed by atoms with van der Waals surface area (Å²) < 4.78 is 30.6. The van der Waals surface area contributed by atoms with Crippen molar-refractivity contribution in [2.24, 2.45) is 0 Å². The number of hydrazine groups is 1. The first-order chi connectivity index (χ1) is 15.3. The number of hydrogen-bond acceptors (Lipinski definition) is 8. The number of nitro groups is 1. The van der Waals surface area contributed by atoms with Crippen LogP contribution in [0.1, 0.15) is 5.56 Å². The van der Waals surface area contributed by atoms with Gasteiger partial charge in [0.25, 0.3) is 10.0 Å². The highest BCUT2D eigenvalue weighted by Crippen LogP contribution is 2.34. The average Bonchev–Trinajstić information content (AvgIpc) is 2.78. The van der Waals surface area contributed by atoms with Crippen LogP contribution in [-0.4, -0.2) is 23.3 Å². The van der Waals surface area contributed by atoms with Crippen LogP contribution in [-0.2, 0) is 10.0 Å². The molecule has 0 aliphatic heterocycles. The standard InChI is InChI=1S/C21H17N5O5S/c1-14-6-10-18(11-7-14)32(29,30)25-24-20-19(26(27)28)21(23-13-22-20)31-17-9-8-15-4-2-3-5-16(15)12-17/h2-13,25H,1H3,(H,22,23,24). The summed E-state index contributed by atoms with van der Waals surface area (Å²) in [6.45, 7) is 1.82. The topological polar surface area (TPSA) is 136 Å². The van der Waals surface area contributed by atoms with Gasteiger partial charge in [0.05, 0.1) is 9.82 Å². The minimum atomic E-state index is -4.00. The summed E-state index contributed by atoms with van der Waals surface area (Å²) in [6, 6.07) is 18.9. The van der Waals surface area contributed by atoms with Gasteiger partial charge in [-0.1, -0.05) is 48.0 Å². The molecule has 11 heteroatoms. The highest BCUT2D eigenvalue weighted by atomic mass is 32.2. The Bertz CT molecular complexity index is 1410. The maximum Gasteiger partial charge on any atom is 0.374 e. The summed E-state index contributed by atoms with van der Waals surface area (Å²) in [5.41, 5.74) is 2.56. The largest absolute Gasteiger partial charge is 0.434 e. The third-order valence-electron chi connectivity index (χ3n) is 4.54. The van der Waals surface area contributed by atoms with Gasteiger partial charge < -0.3 is 4.74 Å². The van der Waals surface area contributed by atoms with Crippen LogP contribution in [0.15, 0.2) is 78.0 Å². The lowest BCUT2D eigenvalue weighted by Gasteiger charge is -2.11. The molecular weight excluding hydrogens is 434 g/mol. The second-order valence-corrected chi connectivity index (χ2v) is 8.47. The molecule has 0 fully saturated rings. The van der Waals surface area contributed by atoms with Gasteiger partial charge >= 0.3 is 11.6 Å². The van der Waals surface area contributed by atoms with Crippen molar-refractivity contribution >= 4 is 32.3 Å². The number of sulfonamides is 1. The minimum Gasteiger partial charge on any atom is -0.434 e. The Morgan fingerprint density at radius 1 is 0.969 bits per heavy atom. The number of nitrogens with one attached hydrogen (secondary N) is 2. The molecule has 0 unspecified atom stereocenters. The molecule has 0 atom stereocenters. The molecule has 32 heavy (non-hydrogen) atoms. The maximum absolute atomic E-state index is 12.5. The summed E-state index contributed by atoms with van der Waals surface area (Å²) in [5, 5.41) is 13.6. The van der Waals surface area contributed by atoms with E-state index in [1.165, 1.54) is 12.1 Å². The van der Waals surface area contributed by atoms with E-state index in [2.05, 4.69) is 20.2 Å². The van der Waals surface area contributed by atoms with Crippen LogP contribution >= 0.6 is 0 Å². The third-order valence-corrected chi connectivity index (χ3v) is 5.81. The monoisotopic (exact) mass is 451 g/mol. The highest BCUT2D eigenvalue weighted by Gasteiger charge is 2.26. The first-order valence-corrected chi connectivity index (χ1v) is 10.8. The number of fused-ring (bicyclic) bond motifs is 1. The lowest BCUT2D eigenvalue weighted by molar-refractivity contribution is -0.385. The number of anilines is 1. The van der Waals surface area contributed by atoms with Crippen LogP contribution in [0.4, 0.5) is 11.5 Å². The zero-order valence-electron chi connectivity index (χ0n) is 16.7. The Labute approximate surface area is 183 Å². The minimum absolute atomic E-state index is 0.0139. The van der Waals surface area contributed by atoms with E-state index in [0.29, 0.717) is 5.75 Å². The Morgan fingerprint density at radius 3 is 2.41 bits per heavy atom. The molecule has 1 heterocycles. The van der Waals surface area contributed by atoms with Gasteiger partial charge in [-0.25, -0.2) is 13.4 Å². The molecule has 0 spiro atoms. The number of ether oxygens (including phenoxy) is 1. The molecule has 2 N–H and O–H groups in total. The molecule has 10 nitrogen and oxygen atoms in total. The van der Waals surface area contributed by atoms with Crippen LogP contribution in [0, 0.1) is 17.0 Å². The summed E-state index contributed by atoms with van der Waals surface area (Å²) in [7, 11) is -4.00. The lowest BCUT2D eigenvalue weighted by atomic mass is 10.1. The Kier molecular flexibility index (Phi) is 5.67. The summed E-state index contributed by atoms with van der Waals surface area (Å²) >= 11 is 0. The molecule has 4 aromatic rings. The van der Waals surface area contributed by atoms with E-state index in [1.54, 1.807) is 24.3 Å². The van der Waals surface area contributed by atoms with Crippen molar-refractivity contribution in [3.05, 3.63) is 88.7 Å². The van der Waals surface area contributed by atoms with Crippen molar-refractivity contribution < 1.29 is 18.1 Å². The quantitative estimate of drug-likeness (QED) is 0.318. The Balaban J connectivity index is 1.61. The van der Waals surface area contributed by atoms with Crippen molar-refractivity contribution in [3.8, 4) is 11.6 Å². The zero-order valence-corrected chi connectivity index (χ0v) is 17.5. The van der Waals surface area contributed by atoms with Crippen LogP contribution < -0.4 is 15.0 Å². The fraction of sp³-hybridized carbons (Fsp3) is 0.0476. The van der Waals surface area contributed by atoms with E-state index in [4.69, 9.17) is 4.74 Å². The van der Waals surface area contributed by atoms with E-state index >= 15 is 0 Å². The van der Waals surface area contributed by atoms with Crippen molar-refractivity contribution in [3.63, 3.8) is 0 Å². The van der Waals surface area contributed by atoms with Crippen LogP contribution in [0.2, 0.25) is 0 Å². The van der Waals surface area contributed by atoms with Gasteiger partial charge in [0.15, 0.2) is 0 Å². The first-order valence-electron chi connectivity index (χ1n) is 9.34. The molecule has 162 valence electrons. The van der Waals surface area contributed by atoms with Crippen molar-refractivity contribution in [1.29, 1.82) is 0 Å². The van der Waals surface area contributed by atoms with Gasteiger partial charge in [-0.05, 0) is 42.0 Å². The number of aromatic nitrogens is 2. The zero-order chi connectivity index (χ0) is 22.7. The normalized spacial score (nSPS) is 11.3. The predicted molar refractivity (Wildman–Crippen MR) is 118 cm³/mol. The molecular formula is C21H17N5O5S. The number of benzene rings is 3. The molecule has 0 saturated heterocycles. The molecule has 0 radical (unpaired) electrons. The number of nitrogens with zero attached hydrogens (tertiary/aromatic N) is 3. The molecule has 0 aliphatic rings. The van der Waals surface area contributed by atoms with Gasteiger partial charge in [-0.2, -0.15) is 4.98 Å². The van der Waals surface area contributed by atoms with E-state index in [-0.39, 0.29) is 16.6 Å². The fourth-order valence-electron chi connectivity index (χ4n) is 2.93. The second kappa shape index (κ2) is 8.57. The van der Waals surface area contributed by atoms with Gasteiger partial charge in [0, 0.05) is 0 Å². The summed E-state index contributed by atoms with van der Waals surface area (Å²) in [5.74, 6) is -0.370. The third kappa shape index (κ3) is 4.48. The Hall–Kier alpha value is -4.09. The summed E-state index contributed by atoms with van der Waals surface area (Å²) in [6.07, 6.45) is 1.03. The maximum atomic E-state index is 12.5. The van der Waals surface area contributed by atoms with Gasteiger partial charge in [0.2, 0.25) is 5.82 Å². The highest BCUT2D eigenvalue weighted by molar-refractivity contribution is 7.89. The van der Waals surface area contributed by atoms with Crippen molar-refractivity contribution in [2.75, 3.05) is 5.43 Å². The smallest absolute Gasteiger partial charge is 0.374 e. The molecule has 0 aliphatic carbocycles. The van der Waals surface area contributed by atoms with Gasteiger partial charge in [-0.3, -0.25) is 15.5 Å². The number of rotatable bonds is 7. The van der Waals surface area contributed by atoms with E-state index in [9.17, 15) is 18.5 Å². The fourth-order valence-corrected chi connectivity index (χ4v) is 3.77. The molecule has 1 aromatic heterocycles. The first kappa shape index (κ1) is 21.2. The SMILES string of the molecule is Cc1ccc(S(=O)(=O)NNc2ncnc(Oc3ccc4ccccc4c3)c2[N+](=O)[O-])cc1. The van der Waals surface area contributed by atoms with Crippen LogP contribution in [0.5, 0.6) is 11.6 Å². The molecule has 0 saturated carbocycles. The van der Waals surface area contributed by atoms with Crippen LogP contribution in [0.25, 0.3) is 10.8 Å². The molecule has 0 bridgehead atoms. The molecule has 0 amide bonds. The average molecular weight is 451 g/mol. The molecule has 3 aromatic carbocycles. The van der Waals surface area contributed by atoms with Crippen molar-refractivity contribution in [2.45, 2.75) is 11.8 Å². The lowest BCUT2D eigenvalue weighted by Crippen LogP contribution is -2.30. The van der Waals surface area contributed by atoms with Crippen molar-refractivity contribution in [1.82, 2.24) is 14.8 Å². The number of hydrogen-bond donors (Lipinski definition) is 2. The molecule has 4 rings (SSSR count). The second-order valence-electron chi connectivity index (χ2n) is 6.79. The summed E-state index contributed by atoms with van der Waals surface area (Å²) in [4.78, 5) is 20.7. The van der Waals surface area contributed by atoms with Gasteiger partial charge in [0.1, 0.15) is 12.1 Å². The van der Waals surface area contributed by atoms with Crippen LogP contribution in [0.3, 0.4) is 0 Å².